The Hall–Kier alpha value is -2.65. The molecule has 1 amide bonds. The van der Waals surface area contributed by atoms with E-state index in [0.717, 1.165) is 56.0 Å². The Morgan fingerprint density at radius 1 is 1.18 bits per heavy atom. The molecule has 1 aromatic carbocycles. The van der Waals surface area contributed by atoms with Gasteiger partial charge in [0.1, 0.15) is 5.76 Å². The van der Waals surface area contributed by atoms with Crippen LogP contribution in [0, 0.1) is 30.6 Å². The highest BCUT2D eigenvalue weighted by atomic mass is 16.5. The second-order valence-electron chi connectivity index (χ2n) is 8.31. The van der Waals surface area contributed by atoms with Crippen molar-refractivity contribution in [1.29, 1.82) is 5.26 Å². The van der Waals surface area contributed by atoms with Gasteiger partial charge in [-0.2, -0.15) is 5.26 Å². The highest BCUT2D eigenvalue weighted by Crippen LogP contribution is 2.42. The Morgan fingerprint density at radius 3 is 2.50 bits per heavy atom. The minimum atomic E-state index is 0.108. The van der Waals surface area contributed by atoms with Crippen LogP contribution in [0.5, 0.6) is 0 Å². The smallest absolute Gasteiger partial charge is 0.223 e. The Labute approximate surface area is 165 Å². The highest BCUT2D eigenvalue weighted by molar-refractivity contribution is 5.79. The van der Waals surface area contributed by atoms with Gasteiger partial charge in [0.2, 0.25) is 5.91 Å². The van der Waals surface area contributed by atoms with Gasteiger partial charge in [0.05, 0.1) is 23.9 Å². The van der Waals surface area contributed by atoms with E-state index in [1.165, 1.54) is 5.56 Å². The fourth-order valence-electron chi connectivity index (χ4n) is 4.51. The highest BCUT2D eigenvalue weighted by Gasteiger charge is 2.45. The summed E-state index contributed by atoms with van der Waals surface area (Å²) in [5.74, 6) is 1.06. The molecule has 6 nitrogen and oxygen atoms in total. The molecule has 0 N–H and O–H groups in total. The van der Waals surface area contributed by atoms with Crippen molar-refractivity contribution < 1.29 is 9.32 Å². The molecule has 0 unspecified atom stereocenters. The monoisotopic (exact) mass is 378 g/mol. The number of aryl methyl sites for hydroxylation is 2. The fraction of sp³-hybridized carbons (Fsp3) is 0.500. The van der Waals surface area contributed by atoms with Crippen LogP contribution >= 0.6 is 0 Å². The third-order valence-electron chi connectivity index (χ3n) is 6.34. The fourth-order valence-corrected chi connectivity index (χ4v) is 4.51. The Kier molecular flexibility index (Phi) is 4.94. The Bertz CT molecular complexity index is 882. The number of aromatic nitrogens is 1. The van der Waals surface area contributed by atoms with E-state index < -0.39 is 0 Å². The molecule has 6 heteroatoms. The number of carbonyl (C=O) groups is 1. The first-order chi connectivity index (χ1) is 13.5. The van der Waals surface area contributed by atoms with Gasteiger partial charge in [-0.1, -0.05) is 17.3 Å². The number of nitriles is 1. The van der Waals surface area contributed by atoms with Crippen molar-refractivity contribution in [3.8, 4) is 6.07 Å². The van der Waals surface area contributed by atoms with Crippen molar-refractivity contribution in [2.75, 3.05) is 19.6 Å². The number of nitrogens with zero attached hydrogens (tertiary/aromatic N) is 4. The zero-order valence-corrected chi connectivity index (χ0v) is 16.6. The summed E-state index contributed by atoms with van der Waals surface area (Å²) in [5.41, 5.74) is 3.96. The van der Waals surface area contributed by atoms with Crippen molar-refractivity contribution in [3.63, 3.8) is 0 Å². The lowest BCUT2D eigenvalue weighted by Gasteiger charge is -2.38. The summed E-state index contributed by atoms with van der Waals surface area (Å²) in [6, 6.07) is 9.99. The number of piperidine rings is 1. The maximum Gasteiger partial charge on any atom is 0.223 e. The molecule has 0 aliphatic carbocycles. The van der Waals surface area contributed by atoms with Crippen LogP contribution in [0.4, 0.5) is 0 Å². The van der Waals surface area contributed by atoms with Gasteiger partial charge in [-0.3, -0.25) is 9.69 Å². The standard InChI is InChI=1S/C22H26N4O2/c1-16-20(17(2)28-24-16)14-26-15-22(11-21(26)27)7-9-25(10-8-22)13-19-5-3-18(12-23)4-6-19/h3-6H,7-11,13-15H2,1-2H3. The van der Waals surface area contributed by atoms with E-state index in [9.17, 15) is 4.79 Å². The Balaban J connectivity index is 1.35. The molecule has 4 rings (SSSR count). The number of amides is 1. The first-order valence-corrected chi connectivity index (χ1v) is 9.89. The lowest BCUT2D eigenvalue weighted by atomic mass is 9.77. The SMILES string of the molecule is Cc1noc(C)c1CN1CC2(CCN(Cc3ccc(C#N)cc3)CC2)CC1=O. The van der Waals surface area contributed by atoms with Crippen molar-refractivity contribution in [3.05, 3.63) is 52.4 Å². The van der Waals surface area contributed by atoms with Crippen LogP contribution in [-0.4, -0.2) is 40.5 Å². The number of hydrogen-bond acceptors (Lipinski definition) is 5. The van der Waals surface area contributed by atoms with E-state index in [-0.39, 0.29) is 11.3 Å². The molecule has 2 aliphatic heterocycles. The number of hydrogen-bond donors (Lipinski definition) is 0. The molecule has 0 saturated carbocycles. The van der Waals surface area contributed by atoms with Crippen LogP contribution < -0.4 is 0 Å². The van der Waals surface area contributed by atoms with Crippen LogP contribution in [0.1, 0.15) is 47.4 Å². The third kappa shape index (κ3) is 3.67. The summed E-state index contributed by atoms with van der Waals surface area (Å²) in [7, 11) is 0. The van der Waals surface area contributed by atoms with Gasteiger partial charge in [0.25, 0.3) is 0 Å². The molecule has 0 atom stereocenters. The van der Waals surface area contributed by atoms with Crippen LogP contribution in [0.15, 0.2) is 28.8 Å². The van der Waals surface area contributed by atoms with Crippen molar-refractivity contribution in [2.24, 2.45) is 5.41 Å². The molecule has 146 valence electrons. The van der Waals surface area contributed by atoms with Gasteiger partial charge in [-0.25, -0.2) is 0 Å². The molecule has 2 aliphatic rings. The Morgan fingerprint density at radius 2 is 1.89 bits per heavy atom. The first-order valence-electron chi connectivity index (χ1n) is 9.89. The predicted octanol–water partition coefficient (Wildman–Crippen LogP) is 3.18. The van der Waals surface area contributed by atoms with E-state index in [1.54, 1.807) is 0 Å². The predicted molar refractivity (Wildman–Crippen MR) is 104 cm³/mol. The molecule has 0 radical (unpaired) electrons. The number of carbonyl (C=O) groups excluding carboxylic acids is 1. The molecule has 28 heavy (non-hydrogen) atoms. The summed E-state index contributed by atoms with van der Waals surface area (Å²) in [6.45, 7) is 8.20. The summed E-state index contributed by atoms with van der Waals surface area (Å²) in [5, 5.41) is 12.9. The molecule has 2 aromatic rings. The molecule has 2 fully saturated rings. The van der Waals surface area contributed by atoms with E-state index in [0.29, 0.717) is 18.5 Å². The molecule has 2 saturated heterocycles. The molecular weight excluding hydrogens is 352 g/mol. The van der Waals surface area contributed by atoms with Gasteiger partial charge in [-0.15, -0.1) is 0 Å². The number of rotatable bonds is 4. The maximum atomic E-state index is 12.7. The van der Waals surface area contributed by atoms with Crippen LogP contribution in [-0.2, 0) is 17.9 Å². The van der Waals surface area contributed by atoms with Crippen LogP contribution in [0.3, 0.4) is 0 Å². The van der Waals surface area contributed by atoms with Crippen LogP contribution in [0.25, 0.3) is 0 Å². The topological polar surface area (TPSA) is 73.4 Å². The quantitative estimate of drug-likeness (QED) is 0.817. The van der Waals surface area contributed by atoms with Gasteiger partial charge < -0.3 is 9.42 Å². The molecule has 0 bridgehead atoms. The van der Waals surface area contributed by atoms with Gasteiger partial charge in [-0.05, 0) is 62.9 Å². The minimum absolute atomic E-state index is 0.108. The van der Waals surface area contributed by atoms with E-state index in [4.69, 9.17) is 9.78 Å². The van der Waals surface area contributed by atoms with Gasteiger partial charge >= 0.3 is 0 Å². The van der Waals surface area contributed by atoms with Gasteiger partial charge in [0.15, 0.2) is 0 Å². The second-order valence-corrected chi connectivity index (χ2v) is 8.31. The first kappa shape index (κ1) is 18.7. The second kappa shape index (κ2) is 7.40. The lowest BCUT2D eigenvalue weighted by Crippen LogP contribution is -2.41. The normalized spacial score (nSPS) is 19.3. The molecular formula is C22H26N4O2. The van der Waals surface area contributed by atoms with Crippen molar-refractivity contribution in [1.82, 2.24) is 15.0 Å². The zero-order chi connectivity index (χ0) is 19.7. The largest absolute Gasteiger partial charge is 0.361 e. The molecule has 3 heterocycles. The average Bonchev–Trinajstić information content (AvgIpc) is 3.18. The van der Waals surface area contributed by atoms with E-state index in [1.807, 2.05) is 43.0 Å². The van der Waals surface area contributed by atoms with Crippen molar-refractivity contribution in [2.45, 2.75) is 46.2 Å². The maximum absolute atomic E-state index is 12.7. The molecule has 1 spiro atoms. The molecule has 1 aromatic heterocycles. The van der Waals surface area contributed by atoms with E-state index in [2.05, 4.69) is 16.1 Å². The van der Waals surface area contributed by atoms with Crippen molar-refractivity contribution >= 4 is 5.91 Å². The van der Waals surface area contributed by atoms with Gasteiger partial charge in [0, 0.05) is 25.1 Å². The van der Waals surface area contributed by atoms with Crippen LogP contribution in [0.2, 0.25) is 0 Å². The third-order valence-corrected chi connectivity index (χ3v) is 6.34. The average molecular weight is 378 g/mol. The van der Waals surface area contributed by atoms with E-state index >= 15 is 0 Å². The summed E-state index contributed by atoms with van der Waals surface area (Å²) in [6.07, 6.45) is 2.75. The lowest BCUT2D eigenvalue weighted by molar-refractivity contribution is -0.128. The summed E-state index contributed by atoms with van der Waals surface area (Å²) in [4.78, 5) is 17.1. The minimum Gasteiger partial charge on any atom is -0.361 e. The summed E-state index contributed by atoms with van der Waals surface area (Å²) >= 11 is 0. The number of likely N-dealkylation sites (tertiary alicyclic amines) is 2. The zero-order valence-electron chi connectivity index (χ0n) is 16.6. The summed E-state index contributed by atoms with van der Waals surface area (Å²) < 4.78 is 5.25. The number of benzene rings is 1.